The second-order valence-electron chi connectivity index (χ2n) is 8.38. The monoisotopic (exact) mass is 451 g/mol. The van der Waals surface area contributed by atoms with Crippen LogP contribution in [0.4, 0.5) is 11.5 Å². The van der Waals surface area contributed by atoms with E-state index in [-0.39, 0.29) is 5.92 Å². The van der Waals surface area contributed by atoms with Crippen molar-refractivity contribution in [3.8, 4) is 5.75 Å². The van der Waals surface area contributed by atoms with E-state index in [0.29, 0.717) is 24.8 Å². The molecule has 5 nitrogen and oxygen atoms in total. The number of hydrogen-bond donors (Lipinski definition) is 1. The van der Waals surface area contributed by atoms with Crippen LogP contribution in [0.2, 0.25) is 5.02 Å². The number of benzene rings is 2. The maximum Gasteiger partial charge on any atom is 0.144 e. The molecule has 1 N–H and O–H groups in total. The maximum absolute atomic E-state index is 6.26. The minimum absolute atomic E-state index is 0.219. The van der Waals surface area contributed by atoms with E-state index in [9.17, 15) is 0 Å². The first-order valence-corrected chi connectivity index (χ1v) is 11.2. The largest absolute Gasteiger partial charge is 0.491 e. The minimum Gasteiger partial charge on any atom is -0.491 e. The standard InChI is InChI=1S/C25H31BClN3O2/c1-18-11-22(26)25(28-13-18)29-23-12-21(27)9-10-24(23)32-17-20(14-30(2)3)16-31-15-19-7-5-4-6-8-19/h4-13,20H,14-17,26H2,1-3H3,(H,28,29)/t20-/m0/s1. The molecule has 3 aromatic rings. The number of aromatic nitrogens is 1. The average molecular weight is 452 g/mol. The average Bonchev–Trinajstić information content (AvgIpc) is 2.75. The Hall–Kier alpha value is -2.54. The topological polar surface area (TPSA) is 46.6 Å². The van der Waals surface area contributed by atoms with Gasteiger partial charge in [-0.05, 0) is 55.8 Å². The van der Waals surface area contributed by atoms with Crippen LogP contribution in [0.25, 0.3) is 0 Å². The molecule has 1 aromatic heterocycles. The number of nitrogens with one attached hydrogen (secondary N) is 1. The quantitative estimate of drug-likeness (QED) is 0.449. The number of hydrogen-bond acceptors (Lipinski definition) is 5. The van der Waals surface area contributed by atoms with Gasteiger partial charge in [-0.2, -0.15) is 0 Å². The van der Waals surface area contributed by atoms with Crippen LogP contribution in [-0.2, 0) is 11.3 Å². The molecule has 3 rings (SSSR count). The highest BCUT2D eigenvalue weighted by atomic mass is 35.5. The predicted octanol–water partition coefficient (Wildman–Crippen LogP) is 3.82. The molecule has 1 heterocycles. The molecular weight excluding hydrogens is 421 g/mol. The summed E-state index contributed by atoms with van der Waals surface area (Å²) in [6, 6.07) is 17.9. The van der Waals surface area contributed by atoms with E-state index in [1.807, 2.05) is 57.4 Å². The number of pyridine rings is 1. The first kappa shape index (κ1) is 24.1. The summed E-state index contributed by atoms with van der Waals surface area (Å²) >= 11 is 6.26. The highest BCUT2D eigenvalue weighted by Gasteiger charge is 2.14. The van der Waals surface area contributed by atoms with Gasteiger partial charge in [-0.25, -0.2) is 4.98 Å². The molecule has 0 aliphatic rings. The second-order valence-corrected chi connectivity index (χ2v) is 8.82. The lowest BCUT2D eigenvalue weighted by Gasteiger charge is -2.22. The van der Waals surface area contributed by atoms with Crippen LogP contribution in [0.15, 0.2) is 60.8 Å². The van der Waals surface area contributed by atoms with Gasteiger partial charge in [-0.3, -0.25) is 0 Å². The lowest BCUT2D eigenvalue weighted by atomic mass is 9.95. The zero-order chi connectivity index (χ0) is 22.9. The first-order valence-electron chi connectivity index (χ1n) is 10.8. The summed E-state index contributed by atoms with van der Waals surface area (Å²) in [5.74, 6) is 1.75. The van der Waals surface area contributed by atoms with Crippen molar-refractivity contribution in [3.05, 3.63) is 76.9 Å². The van der Waals surface area contributed by atoms with Gasteiger partial charge < -0.3 is 19.7 Å². The Morgan fingerprint density at radius 2 is 1.88 bits per heavy atom. The second kappa shape index (κ2) is 11.9. The molecule has 0 saturated heterocycles. The number of halogens is 1. The van der Waals surface area contributed by atoms with E-state index in [0.717, 1.165) is 34.8 Å². The highest BCUT2D eigenvalue weighted by molar-refractivity contribution is 6.35. The third-order valence-corrected chi connectivity index (χ3v) is 5.21. The van der Waals surface area contributed by atoms with E-state index in [1.54, 1.807) is 0 Å². The zero-order valence-electron chi connectivity index (χ0n) is 19.3. The molecule has 1 atom stereocenters. The van der Waals surface area contributed by atoms with Crippen LogP contribution in [0.5, 0.6) is 5.75 Å². The summed E-state index contributed by atoms with van der Waals surface area (Å²) in [6.45, 7) is 4.63. The highest BCUT2D eigenvalue weighted by Crippen LogP contribution is 2.30. The van der Waals surface area contributed by atoms with Gasteiger partial charge in [0.1, 0.15) is 19.4 Å². The van der Waals surface area contributed by atoms with E-state index < -0.39 is 0 Å². The zero-order valence-corrected chi connectivity index (χ0v) is 20.0. The lowest BCUT2D eigenvalue weighted by Crippen LogP contribution is -2.30. The Kier molecular flexibility index (Phi) is 8.97. The molecule has 0 amide bonds. The fraction of sp³-hybridized carbons (Fsp3) is 0.320. The van der Waals surface area contributed by atoms with Crippen molar-refractivity contribution >= 4 is 36.4 Å². The van der Waals surface area contributed by atoms with Crippen LogP contribution < -0.4 is 15.5 Å². The van der Waals surface area contributed by atoms with Gasteiger partial charge in [0.25, 0.3) is 0 Å². The molecule has 0 spiro atoms. The number of aryl methyl sites for hydroxylation is 1. The Morgan fingerprint density at radius 1 is 1.09 bits per heavy atom. The van der Waals surface area contributed by atoms with Crippen LogP contribution in [0.1, 0.15) is 11.1 Å². The molecule has 7 heteroatoms. The molecule has 0 aliphatic heterocycles. The minimum atomic E-state index is 0.219. The van der Waals surface area contributed by atoms with Gasteiger partial charge in [0.2, 0.25) is 0 Å². The maximum atomic E-state index is 6.26. The molecule has 0 aliphatic carbocycles. The molecule has 32 heavy (non-hydrogen) atoms. The van der Waals surface area contributed by atoms with Gasteiger partial charge in [-0.15, -0.1) is 0 Å². The molecule has 0 saturated carbocycles. The Labute approximate surface area is 197 Å². The van der Waals surface area contributed by atoms with Gasteiger partial charge in [0, 0.05) is 23.7 Å². The number of anilines is 2. The summed E-state index contributed by atoms with van der Waals surface area (Å²) < 4.78 is 12.2. The van der Waals surface area contributed by atoms with Gasteiger partial charge in [0.05, 0.1) is 25.5 Å². The smallest absolute Gasteiger partial charge is 0.144 e. The summed E-state index contributed by atoms with van der Waals surface area (Å²) in [5, 5.41) is 4.02. The molecule has 0 bridgehead atoms. The number of nitrogens with zero attached hydrogens (tertiary/aromatic N) is 2. The van der Waals surface area contributed by atoms with E-state index >= 15 is 0 Å². The summed E-state index contributed by atoms with van der Waals surface area (Å²) in [6.07, 6.45) is 1.84. The molecule has 168 valence electrons. The molecule has 0 radical (unpaired) electrons. The van der Waals surface area contributed by atoms with Crippen molar-refractivity contribution in [2.45, 2.75) is 13.5 Å². The van der Waals surface area contributed by atoms with Crippen molar-refractivity contribution in [2.24, 2.45) is 5.92 Å². The van der Waals surface area contributed by atoms with Crippen LogP contribution in [0, 0.1) is 12.8 Å². The first-order chi connectivity index (χ1) is 15.4. The van der Waals surface area contributed by atoms with Crippen molar-refractivity contribution in [1.29, 1.82) is 0 Å². The fourth-order valence-corrected chi connectivity index (χ4v) is 3.67. The van der Waals surface area contributed by atoms with E-state index in [2.05, 4.69) is 47.5 Å². The van der Waals surface area contributed by atoms with Crippen LogP contribution in [0.3, 0.4) is 0 Å². The normalized spacial score (nSPS) is 12.0. The van der Waals surface area contributed by atoms with Gasteiger partial charge >= 0.3 is 0 Å². The Balaban J connectivity index is 1.65. The number of ether oxygens (including phenoxy) is 2. The van der Waals surface area contributed by atoms with Crippen molar-refractivity contribution in [1.82, 2.24) is 9.88 Å². The third-order valence-electron chi connectivity index (χ3n) is 4.97. The van der Waals surface area contributed by atoms with Gasteiger partial charge in [0.15, 0.2) is 0 Å². The lowest BCUT2D eigenvalue weighted by molar-refractivity contribution is 0.0575. The van der Waals surface area contributed by atoms with Crippen molar-refractivity contribution in [2.75, 3.05) is 39.2 Å². The molecule has 0 unspecified atom stereocenters. The van der Waals surface area contributed by atoms with Crippen LogP contribution >= 0.6 is 11.6 Å². The fourth-order valence-electron chi connectivity index (χ4n) is 3.49. The molecule has 0 fully saturated rings. The van der Waals surface area contributed by atoms with Crippen molar-refractivity contribution < 1.29 is 9.47 Å². The van der Waals surface area contributed by atoms with Crippen LogP contribution in [-0.4, -0.2) is 51.6 Å². The SMILES string of the molecule is Bc1cc(C)cnc1Nc1cc(Cl)ccc1OC[C@H](COCc1ccccc1)CN(C)C. The Bertz CT molecular complexity index is 1000. The Morgan fingerprint density at radius 3 is 2.59 bits per heavy atom. The summed E-state index contributed by atoms with van der Waals surface area (Å²) in [5.41, 5.74) is 4.15. The number of rotatable bonds is 11. The van der Waals surface area contributed by atoms with Gasteiger partial charge in [-0.1, -0.05) is 48.0 Å². The van der Waals surface area contributed by atoms with Crippen molar-refractivity contribution in [3.63, 3.8) is 0 Å². The predicted molar refractivity (Wildman–Crippen MR) is 136 cm³/mol. The van der Waals surface area contributed by atoms with E-state index in [4.69, 9.17) is 21.1 Å². The van der Waals surface area contributed by atoms with E-state index in [1.165, 1.54) is 5.56 Å². The summed E-state index contributed by atoms with van der Waals surface area (Å²) in [7, 11) is 6.15. The molecular formula is C25H31BClN3O2. The summed E-state index contributed by atoms with van der Waals surface area (Å²) in [4.78, 5) is 6.66. The third kappa shape index (κ3) is 7.55. The molecule has 2 aromatic carbocycles.